The third-order valence-corrected chi connectivity index (χ3v) is 8.16. The molecule has 14 heteroatoms. The van der Waals surface area contributed by atoms with Crippen molar-refractivity contribution in [1.82, 2.24) is 4.90 Å². The lowest BCUT2D eigenvalue weighted by Gasteiger charge is -2.38. The summed E-state index contributed by atoms with van der Waals surface area (Å²) >= 11 is 0. The average Bonchev–Trinajstić information content (AvgIpc) is 3.67. The number of carbonyl (C=O) groups excluding carboxylic acids is 1. The van der Waals surface area contributed by atoms with Crippen molar-refractivity contribution < 1.29 is 58.4 Å². The molecule has 3 aromatic rings. The highest BCUT2D eigenvalue weighted by Crippen LogP contribution is 2.55. The second kappa shape index (κ2) is 14.5. The minimum Gasteiger partial charge on any atom is -0.504 e. The lowest BCUT2D eigenvalue weighted by molar-refractivity contribution is -0.0153. The molecule has 4 N–H and O–H groups in total. The highest BCUT2D eigenvalue weighted by molar-refractivity contribution is 5.98. The van der Waals surface area contributed by atoms with Crippen LogP contribution in [-0.2, 0) is 11.2 Å². The average molecular weight is 664 g/mol. The molecule has 3 aromatic carbocycles. The van der Waals surface area contributed by atoms with Crippen LogP contribution < -0.4 is 28.4 Å². The number of rotatable bonds is 8. The first-order valence-corrected chi connectivity index (χ1v) is 14.2. The van der Waals surface area contributed by atoms with Crippen LogP contribution in [0, 0.1) is 0 Å². The molecule has 0 spiro atoms. The second-order valence-corrected chi connectivity index (χ2v) is 10.6. The van der Waals surface area contributed by atoms with Gasteiger partial charge in [-0.1, -0.05) is 12.1 Å². The number of halogens is 1. The summed E-state index contributed by atoms with van der Waals surface area (Å²) in [6.07, 6.45) is -2.15. The molecule has 2 unspecified atom stereocenters. The fourth-order valence-corrected chi connectivity index (χ4v) is 5.91. The molecule has 3 heterocycles. The first-order chi connectivity index (χ1) is 21.7. The first kappa shape index (κ1) is 34.7. The predicted octanol–water partition coefficient (Wildman–Crippen LogP) is 3.09. The largest absolute Gasteiger partial charge is 0.504 e. The summed E-state index contributed by atoms with van der Waals surface area (Å²) in [5.41, 5.74) is 3.59. The Labute approximate surface area is 272 Å². The number of aromatic hydroxyl groups is 1. The number of fused-ring (bicyclic) bond motifs is 3. The molecule has 250 valence electrons. The van der Waals surface area contributed by atoms with Gasteiger partial charge in [-0.05, 0) is 48.9 Å². The lowest BCUT2D eigenvalue weighted by atomic mass is 9.85. The van der Waals surface area contributed by atoms with Crippen LogP contribution >= 0.6 is 12.4 Å². The Balaban J connectivity index is 0.000000256. The van der Waals surface area contributed by atoms with Gasteiger partial charge < -0.3 is 53.6 Å². The van der Waals surface area contributed by atoms with Crippen molar-refractivity contribution in [2.75, 3.05) is 55.4 Å². The van der Waals surface area contributed by atoms with Gasteiger partial charge in [-0.2, -0.15) is 0 Å². The zero-order valence-electron chi connectivity index (χ0n) is 26.0. The Kier molecular flexibility index (Phi) is 11.0. The number of hydrogen-bond donors (Lipinski definition) is 4. The van der Waals surface area contributed by atoms with Crippen molar-refractivity contribution in [3.8, 4) is 40.2 Å². The smallest absolute Gasteiger partial charge is 0.343 e. The van der Waals surface area contributed by atoms with Gasteiger partial charge in [0.15, 0.2) is 34.5 Å². The van der Waals surface area contributed by atoms with Crippen LogP contribution in [0.25, 0.3) is 0 Å². The van der Waals surface area contributed by atoms with Crippen molar-refractivity contribution >= 4 is 18.4 Å². The zero-order valence-corrected chi connectivity index (χ0v) is 26.8. The summed E-state index contributed by atoms with van der Waals surface area (Å²) in [6.45, 7) is 0.425. The number of aliphatic hydroxyl groups excluding tert-OH is 3. The minimum absolute atomic E-state index is 0. The number of phenols is 1. The summed E-state index contributed by atoms with van der Waals surface area (Å²) in [4.78, 5) is 15.1. The van der Waals surface area contributed by atoms with Gasteiger partial charge in [-0.25, -0.2) is 4.79 Å². The molecular formula is C32H38ClNO12. The number of likely N-dealkylation sites (N-methyl/N-ethyl adjacent to an activating group) is 1. The number of benzene rings is 3. The molecule has 0 amide bonds. The maximum absolute atomic E-state index is 12.9. The molecular weight excluding hydrogens is 626 g/mol. The van der Waals surface area contributed by atoms with E-state index in [1.54, 1.807) is 20.3 Å². The number of esters is 1. The number of methoxy groups -OCH3 is 4. The van der Waals surface area contributed by atoms with E-state index in [-0.39, 0.29) is 36.7 Å². The summed E-state index contributed by atoms with van der Waals surface area (Å²) < 4.78 is 38.7. The van der Waals surface area contributed by atoms with E-state index in [9.17, 15) is 20.1 Å². The van der Waals surface area contributed by atoms with Crippen molar-refractivity contribution in [2.24, 2.45) is 0 Å². The summed E-state index contributed by atoms with van der Waals surface area (Å²) in [7, 11) is 8.08. The number of nitrogens with zero attached hydrogens (tertiary/aromatic N) is 1. The molecule has 0 aromatic heterocycles. The van der Waals surface area contributed by atoms with Gasteiger partial charge in [-0.3, -0.25) is 4.90 Å². The molecule has 3 aliphatic heterocycles. The van der Waals surface area contributed by atoms with Crippen LogP contribution in [0.5, 0.6) is 40.2 Å². The monoisotopic (exact) mass is 663 g/mol. The maximum Gasteiger partial charge on any atom is 0.343 e. The minimum atomic E-state index is -1.25. The molecule has 3 aliphatic rings. The van der Waals surface area contributed by atoms with E-state index in [4.69, 9.17) is 38.3 Å². The Morgan fingerprint density at radius 2 is 1.67 bits per heavy atom. The van der Waals surface area contributed by atoms with Crippen molar-refractivity contribution in [3.05, 3.63) is 64.2 Å². The van der Waals surface area contributed by atoms with Gasteiger partial charge in [-0.15, -0.1) is 12.4 Å². The second-order valence-electron chi connectivity index (χ2n) is 10.6. The number of ether oxygens (including phenoxy) is 7. The van der Waals surface area contributed by atoms with Crippen LogP contribution in [0.15, 0.2) is 36.4 Å². The molecule has 46 heavy (non-hydrogen) atoms. The summed E-state index contributed by atoms with van der Waals surface area (Å²) in [6, 6.07) is 9.62. The van der Waals surface area contributed by atoms with E-state index in [1.807, 2.05) is 19.2 Å². The highest BCUT2D eigenvalue weighted by Gasteiger charge is 2.46. The van der Waals surface area contributed by atoms with Gasteiger partial charge in [0.2, 0.25) is 12.5 Å². The lowest BCUT2D eigenvalue weighted by Crippen LogP contribution is -2.36. The Morgan fingerprint density at radius 3 is 2.33 bits per heavy atom. The summed E-state index contributed by atoms with van der Waals surface area (Å²) in [5, 5.41) is 36.7. The van der Waals surface area contributed by atoms with E-state index in [1.165, 1.54) is 32.4 Å². The van der Waals surface area contributed by atoms with Crippen LogP contribution in [0.4, 0.5) is 0 Å². The van der Waals surface area contributed by atoms with Crippen LogP contribution in [-0.4, -0.2) is 92.8 Å². The van der Waals surface area contributed by atoms with Crippen molar-refractivity contribution in [3.63, 3.8) is 0 Å². The van der Waals surface area contributed by atoms with E-state index in [0.29, 0.717) is 39.9 Å². The summed E-state index contributed by atoms with van der Waals surface area (Å²) in [5.74, 6) is 2.51. The molecule has 0 aliphatic carbocycles. The zero-order chi connectivity index (χ0) is 32.4. The number of carbonyl (C=O) groups is 1. The van der Waals surface area contributed by atoms with Gasteiger partial charge >= 0.3 is 5.97 Å². The Bertz CT molecular complexity index is 1570. The number of aliphatic hydroxyl groups is 3. The fraction of sp³-hybridized carbons (Fsp3) is 0.406. The van der Waals surface area contributed by atoms with Crippen LogP contribution in [0.2, 0.25) is 0 Å². The van der Waals surface area contributed by atoms with Crippen LogP contribution in [0.1, 0.15) is 50.9 Å². The molecule has 0 saturated heterocycles. The van der Waals surface area contributed by atoms with Gasteiger partial charge in [0.25, 0.3) is 0 Å². The molecule has 13 nitrogen and oxygen atoms in total. The van der Waals surface area contributed by atoms with Gasteiger partial charge in [0.1, 0.15) is 23.9 Å². The molecule has 4 atom stereocenters. The van der Waals surface area contributed by atoms with Crippen LogP contribution in [0.3, 0.4) is 0 Å². The third-order valence-electron chi connectivity index (χ3n) is 8.16. The van der Waals surface area contributed by atoms with E-state index in [2.05, 4.69) is 4.90 Å². The van der Waals surface area contributed by atoms with Gasteiger partial charge in [0.05, 0.1) is 41.1 Å². The fourth-order valence-electron chi connectivity index (χ4n) is 5.91. The Hall–Kier alpha value is -4.14. The Morgan fingerprint density at radius 1 is 0.957 bits per heavy atom. The molecule has 0 fully saturated rings. The first-order valence-electron chi connectivity index (χ1n) is 14.2. The highest BCUT2D eigenvalue weighted by atomic mass is 35.5. The number of cyclic esters (lactones) is 1. The molecule has 0 radical (unpaired) electrons. The number of hydrogen-bond acceptors (Lipinski definition) is 13. The van der Waals surface area contributed by atoms with Crippen molar-refractivity contribution in [1.29, 1.82) is 0 Å². The third kappa shape index (κ3) is 6.16. The quantitative estimate of drug-likeness (QED) is 0.260. The topological polar surface area (TPSA) is 166 Å². The van der Waals surface area contributed by atoms with E-state index >= 15 is 0 Å². The van der Waals surface area contributed by atoms with E-state index in [0.717, 1.165) is 29.7 Å². The normalized spacial score (nSPS) is 18.9. The maximum atomic E-state index is 12.9. The van der Waals surface area contributed by atoms with Crippen molar-refractivity contribution in [2.45, 2.75) is 30.8 Å². The van der Waals surface area contributed by atoms with Gasteiger partial charge in [0, 0.05) is 17.7 Å². The molecule has 6 rings (SSSR count). The van der Waals surface area contributed by atoms with E-state index < -0.39 is 30.9 Å². The molecule has 0 bridgehead atoms. The standard InChI is InChI=1S/C22H23NO7.C10H14O5.ClH/c1-23-8-7-11-9-14-20(29-10-28-14)21(27-4)15(11)17(23)18-12-5-6-13(25-2)19(26-3)16(12)22(24)30-18;1-15-9-4-6(2-3-7(9)12)10(14)8(13)5-11;/h5-6,9,17-18H,7-8,10H2,1-4H3;2-4,8,10-14H,5H2,1H3;1H/t17-,18+;;/m1../s1. The SMILES string of the molecule is COc1cc(C(O)C(O)CO)ccc1O.COc1ccc2c(c1OC)C(=O)O[C@@H]2[C@H]1c2c(cc3c(c2OC)OCO3)CCN1C.Cl. The molecule has 0 saturated carbocycles. The number of phenolic OH excluding ortho intramolecular Hbond substituents is 1. The predicted molar refractivity (Wildman–Crippen MR) is 166 cm³/mol.